The third kappa shape index (κ3) is 3.81. The number of phenolic OH excluding ortho intramolecular Hbond substituents is 1. The molecule has 31 heavy (non-hydrogen) atoms. The van der Waals surface area contributed by atoms with Crippen molar-refractivity contribution in [2.75, 3.05) is 19.5 Å². The van der Waals surface area contributed by atoms with Gasteiger partial charge in [-0.2, -0.15) is 0 Å². The van der Waals surface area contributed by atoms with Gasteiger partial charge in [0.15, 0.2) is 5.78 Å². The number of nitrogens with one attached hydrogen (secondary N) is 1. The van der Waals surface area contributed by atoms with Crippen LogP contribution in [0.2, 0.25) is 5.02 Å². The molecule has 1 heterocycles. The first kappa shape index (κ1) is 21.7. The van der Waals surface area contributed by atoms with Crippen LogP contribution in [-0.4, -0.2) is 23.9 Å². The second-order valence-corrected chi connectivity index (χ2v) is 9.91. The molecule has 0 aliphatic heterocycles. The van der Waals surface area contributed by atoms with Crippen LogP contribution in [-0.2, 0) is 20.2 Å². The monoisotopic (exact) mass is 458 g/mol. The lowest BCUT2D eigenvalue weighted by Crippen LogP contribution is -2.14. The minimum absolute atomic E-state index is 0.0557. The van der Waals surface area contributed by atoms with Crippen molar-refractivity contribution in [3.8, 4) is 5.75 Å². The van der Waals surface area contributed by atoms with Crippen LogP contribution in [0.25, 0.3) is 21.8 Å². The molecule has 162 valence electrons. The molecule has 3 aromatic carbocycles. The number of rotatable bonds is 7. The average molecular weight is 459 g/mol. The standard InChI is InChI=1S/C23H24ClN2O4P/c1-4-26-20-8-6-5-7-17(20)18-14-16(10-11-21(18)26)25-23(31(28,29-2)30-3)19-13-15(24)9-12-22(19)27/h5-14,23,25,27H,4H2,1-3H3. The second-order valence-electron chi connectivity index (χ2n) is 7.15. The lowest BCUT2D eigenvalue weighted by atomic mass is 10.1. The van der Waals surface area contributed by atoms with E-state index in [2.05, 4.69) is 28.9 Å². The molecule has 0 saturated heterocycles. The molecule has 0 radical (unpaired) electrons. The maximum atomic E-state index is 13.4. The number of aryl methyl sites for hydroxylation is 1. The Bertz CT molecular complexity index is 1300. The van der Waals surface area contributed by atoms with Crippen LogP contribution in [0.4, 0.5) is 5.69 Å². The summed E-state index contributed by atoms with van der Waals surface area (Å²) in [6, 6.07) is 18.8. The number of hydrogen-bond donors (Lipinski definition) is 2. The molecule has 0 aliphatic carbocycles. The van der Waals surface area contributed by atoms with Crippen LogP contribution >= 0.6 is 19.2 Å². The van der Waals surface area contributed by atoms with Crippen molar-refractivity contribution in [2.45, 2.75) is 19.3 Å². The molecule has 1 atom stereocenters. The van der Waals surface area contributed by atoms with E-state index in [0.717, 1.165) is 28.4 Å². The number of anilines is 1. The number of halogens is 1. The molecule has 0 bridgehead atoms. The summed E-state index contributed by atoms with van der Waals surface area (Å²) in [7, 11) is -1.03. The fourth-order valence-electron chi connectivity index (χ4n) is 4.00. The second kappa shape index (κ2) is 8.56. The van der Waals surface area contributed by atoms with Gasteiger partial charge in [0, 0.05) is 58.8 Å². The van der Waals surface area contributed by atoms with Gasteiger partial charge >= 0.3 is 7.60 Å². The van der Waals surface area contributed by atoms with Gasteiger partial charge in [-0.05, 0) is 49.4 Å². The van der Waals surface area contributed by atoms with E-state index in [-0.39, 0.29) is 5.75 Å². The van der Waals surface area contributed by atoms with Gasteiger partial charge in [-0.1, -0.05) is 29.8 Å². The van der Waals surface area contributed by atoms with Gasteiger partial charge in [0.1, 0.15) is 5.75 Å². The number of hydrogen-bond acceptors (Lipinski definition) is 5. The number of nitrogens with zero attached hydrogens (tertiary/aromatic N) is 1. The number of aromatic nitrogens is 1. The SMILES string of the molecule is CCn1c2ccccc2c2cc(NC(c3cc(Cl)ccc3O)P(=O)(OC)OC)ccc21. The Hall–Kier alpha value is -2.50. The van der Waals surface area contributed by atoms with Gasteiger partial charge in [0.25, 0.3) is 0 Å². The van der Waals surface area contributed by atoms with E-state index in [4.69, 9.17) is 20.6 Å². The normalized spacial score (nSPS) is 13.0. The van der Waals surface area contributed by atoms with E-state index < -0.39 is 13.4 Å². The van der Waals surface area contributed by atoms with Crippen molar-refractivity contribution in [1.82, 2.24) is 4.57 Å². The highest BCUT2D eigenvalue weighted by Crippen LogP contribution is 2.61. The highest BCUT2D eigenvalue weighted by atomic mass is 35.5. The predicted molar refractivity (Wildman–Crippen MR) is 126 cm³/mol. The first-order valence-corrected chi connectivity index (χ1v) is 11.9. The van der Waals surface area contributed by atoms with Gasteiger partial charge < -0.3 is 24.0 Å². The summed E-state index contributed by atoms with van der Waals surface area (Å²) in [5, 5.41) is 16.3. The maximum absolute atomic E-state index is 13.4. The molecule has 0 spiro atoms. The molecule has 4 rings (SSSR count). The Morgan fingerprint density at radius 3 is 2.45 bits per heavy atom. The Morgan fingerprint density at radius 2 is 1.74 bits per heavy atom. The van der Waals surface area contributed by atoms with E-state index in [9.17, 15) is 9.67 Å². The molecule has 0 saturated carbocycles. The Labute approximate surface area is 185 Å². The van der Waals surface area contributed by atoms with Gasteiger partial charge in [0.2, 0.25) is 0 Å². The summed E-state index contributed by atoms with van der Waals surface area (Å²) in [5.41, 5.74) is 3.31. The van der Waals surface area contributed by atoms with Crippen molar-refractivity contribution in [3.05, 3.63) is 71.2 Å². The van der Waals surface area contributed by atoms with Crippen molar-refractivity contribution >= 4 is 46.7 Å². The average Bonchev–Trinajstić information content (AvgIpc) is 3.11. The van der Waals surface area contributed by atoms with E-state index >= 15 is 0 Å². The van der Waals surface area contributed by atoms with E-state index in [1.165, 1.54) is 20.3 Å². The minimum Gasteiger partial charge on any atom is -0.508 e. The van der Waals surface area contributed by atoms with Crippen LogP contribution in [0.3, 0.4) is 0 Å². The summed E-state index contributed by atoms with van der Waals surface area (Å²) >= 11 is 6.15. The van der Waals surface area contributed by atoms with Crippen LogP contribution in [0.1, 0.15) is 18.3 Å². The topological polar surface area (TPSA) is 72.7 Å². The summed E-state index contributed by atoms with van der Waals surface area (Å²) < 4.78 is 26.2. The fourth-order valence-corrected chi connectivity index (χ4v) is 5.60. The molecule has 0 aliphatic rings. The molecule has 0 fully saturated rings. The van der Waals surface area contributed by atoms with Crippen LogP contribution in [0.15, 0.2) is 60.7 Å². The molecule has 1 unspecified atom stereocenters. The lowest BCUT2D eigenvalue weighted by Gasteiger charge is -2.27. The zero-order valence-electron chi connectivity index (χ0n) is 17.5. The highest BCUT2D eigenvalue weighted by Gasteiger charge is 2.37. The molecule has 2 N–H and O–H groups in total. The molecular weight excluding hydrogens is 435 g/mol. The van der Waals surface area contributed by atoms with E-state index in [1.54, 1.807) is 12.1 Å². The van der Waals surface area contributed by atoms with Gasteiger partial charge in [-0.25, -0.2) is 0 Å². The molecule has 8 heteroatoms. The highest BCUT2D eigenvalue weighted by molar-refractivity contribution is 7.54. The van der Waals surface area contributed by atoms with Crippen LogP contribution in [0.5, 0.6) is 5.75 Å². The lowest BCUT2D eigenvalue weighted by molar-refractivity contribution is 0.268. The van der Waals surface area contributed by atoms with Gasteiger partial charge in [-0.3, -0.25) is 4.57 Å². The van der Waals surface area contributed by atoms with Crippen molar-refractivity contribution in [1.29, 1.82) is 0 Å². The predicted octanol–water partition coefficient (Wildman–Crippen LogP) is 6.77. The Balaban J connectivity index is 1.86. The number of aromatic hydroxyl groups is 1. The molecule has 1 aromatic heterocycles. The largest absolute Gasteiger partial charge is 0.508 e. The van der Waals surface area contributed by atoms with Gasteiger partial charge in [-0.15, -0.1) is 0 Å². The third-order valence-corrected chi connectivity index (χ3v) is 7.79. The minimum atomic E-state index is -3.67. The maximum Gasteiger partial charge on any atom is 0.356 e. The molecule has 0 amide bonds. The third-order valence-electron chi connectivity index (χ3n) is 5.50. The molecular formula is C23H24ClN2O4P. The molecule has 6 nitrogen and oxygen atoms in total. The summed E-state index contributed by atoms with van der Waals surface area (Å²) in [5.74, 6) is -1.02. The van der Waals surface area contributed by atoms with Crippen molar-refractivity contribution in [3.63, 3.8) is 0 Å². The number of phenols is 1. The summed E-state index contributed by atoms with van der Waals surface area (Å²) in [4.78, 5) is 0. The van der Waals surface area contributed by atoms with E-state index in [0.29, 0.717) is 16.3 Å². The Kier molecular flexibility index (Phi) is 6.00. The van der Waals surface area contributed by atoms with Crippen molar-refractivity contribution in [2.24, 2.45) is 0 Å². The summed E-state index contributed by atoms with van der Waals surface area (Å²) in [6.07, 6.45) is 0. The quantitative estimate of drug-likeness (QED) is 0.299. The number of fused-ring (bicyclic) bond motifs is 3. The number of benzene rings is 3. The van der Waals surface area contributed by atoms with Crippen molar-refractivity contribution < 1.29 is 18.7 Å². The number of para-hydroxylation sites is 1. The van der Waals surface area contributed by atoms with Crippen LogP contribution < -0.4 is 5.32 Å². The van der Waals surface area contributed by atoms with Crippen LogP contribution in [0, 0.1) is 0 Å². The summed E-state index contributed by atoms with van der Waals surface area (Å²) in [6.45, 7) is 2.96. The van der Waals surface area contributed by atoms with E-state index in [1.807, 2.05) is 30.3 Å². The van der Waals surface area contributed by atoms with Gasteiger partial charge in [0.05, 0.1) is 0 Å². The zero-order valence-corrected chi connectivity index (χ0v) is 19.2. The Morgan fingerprint density at radius 1 is 1.03 bits per heavy atom. The molecule has 4 aromatic rings. The first-order chi connectivity index (χ1) is 14.9. The first-order valence-electron chi connectivity index (χ1n) is 9.89. The smallest absolute Gasteiger partial charge is 0.356 e. The fraction of sp³-hybridized carbons (Fsp3) is 0.217. The zero-order chi connectivity index (χ0) is 22.2.